The quantitative estimate of drug-likeness (QED) is 0.829. The van der Waals surface area contributed by atoms with Crippen LogP contribution in [0.2, 0.25) is 0 Å². The maximum Gasteiger partial charge on any atom is 0.234 e. The summed E-state index contributed by atoms with van der Waals surface area (Å²) in [5.41, 5.74) is 2.80. The fourth-order valence-corrected chi connectivity index (χ4v) is 4.78. The van der Waals surface area contributed by atoms with Gasteiger partial charge in [0.25, 0.3) is 0 Å². The summed E-state index contributed by atoms with van der Waals surface area (Å²) in [5, 5.41) is 2.47. The van der Waals surface area contributed by atoms with Crippen LogP contribution in [0.1, 0.15) is 50.0 Å². The van der Waals surface area contributed by atoms with Crippen molar-refractivity contribution in [3.8, 4) is 0 Å². The Kier molecular flexibility index (Phi) is 4.74. The van der Waals surface area contributed by atoms with E-state index in [1.54, 1.807) is 0 Å². The Morgan fingerprint density at radius 2 is 1.73 bits per heavy atom. The molecule has 1 unspecified atom stereocenters. The number of likely N-dealkylation sites (tertiary alicyclic amines) is 1. The van der Waals surface area contributed by atoms with Gasteiger partial charge in [0.05, 0.1) is 5.92 Å². The Morgan fingerprint density at radius 1 is 1.04 bits per heavy atom. The molecule has 3 saturated heterocycles. The number of nitrogens with one attached hydrogen (secondary N) is 1. The van der Waals surface area contributed by atoms with Crippen LogP contribution in [0.25, 0.3) is 0 Å². The van der Waals surface area contributed by atoms with E-state index in [1.807, 2.05) is 12.1 Å². The minimum atomic E-state index is -0.197. The highest BCUT2D eigenvalue weighted by Crippen LogP contribution is 2.42. The van der Waals surface area contributed by atoms with E-state index in [0.717, 1.165) is 18.7 Å². The third kappa shape index (κ3) is 3.50. The smallest absolute Gasteiger partial charge is 0.234 e. The Morgan fingerprint density at radius 3 is 2.42 bits per heavy atom. The lowest BCUT2D eigenvalue weighted by Gasteiger charge is -2.47. The van der Waals surface area contributed by atoms with Gasteiger partial charge < -0.3 is 9.80 Å². The van der Waals surface area contributed by atoms with Gasteiger partial charge in [-0.05, 0) is 75.4 Å². The Balaban J connectivity index is 1.43. The van der Waals surface area contributed by atoms with Crippen molar-refractivity contribution >= 4 is 17.5 Å². The lowest BCUT2D eigenvalue weighted by molar-refractivity contribution is -0.134. The fraction of sp³-hybridized carbons (Fsp3) is 0.619. The molecule has 0 radical (unpaired) electrons. The van der Waals surface area contributed by atoms with Crippen LogP contribution in [0.4, 0.5) is 5.69 Å². The summed E-state index contributed by atoms with van der Waals surface area (Å²) in [6.07, 6.45) is 6.24. The highest BCUT2D eigenvalue weighted by molar-refractivity contribution is 6.01. The third-order valence-corrected chi connectivity index (χ3v) is 6.75. The van der Waals surface area contributed by atoms with Gasteiger partial charge >= 0.3 is 0 Å². The van der Waals surface area contributed by atoms with Crippen LogP contribution in [0, 0.1) is 5.41 Å². The molecule has 1 aromatic carbocycles. The SMILES string of the molecule is CN1CCC2(CC1)CCN(c1cccc(C3CCC(=O)NC3=O)c1)CC2. The lowest BCUT2D eigenvalue weighted by atomic mass is 9.71. The number of hydrogen-bond acceptors (Lipinski definition) is 4. The fourth-order valence-electron chi connectivity index (χ4n) is 4.78. The molecular weight excluding hydrogens is 326 g/mol. The second-order valence-corrected chi connectivity index (χ2v) is 8.39. The van der Waals surface area contributed by atoms with E-state index >= 15 is 0 Å². The molecule has 140 valence electrons. The Hall–Kier alpha value is -1.88. The number of carbonyl (C=O) groups is 2. The van der Waals surface area contributed by atoms with Crippen molar-refractivity contribution < 1.29 is 9.59 Å². The number of rotatable bonds is 2. The predicted molar refractivity (Wildman–Crippen MR) is 102 cm³/mol. The second-order valence-electron chi connectivity index (χ2n) is 8.39. The highest BCUT2D eigenvalue weighted by Gasteiger charge is 2.37. The molecule has 0 saturated carbocycles. The molecule has 3 heterocycles. The van der Waals surface area contributed by atoms with E-state index in [-0.39, 0.29) is 17.7 Å². The summed E-state index contributed by atoms with van der Waals surface area (Å²) >= 11 is 0. The number of hydrogen-bond donors (Lipinski definition) is 1. The topological polar surface area (TPSA) is 52.6 Å². The molecule has 3 aliphatic rings. The van der Waals surface area contributed by atoms with Gasteiger partial charge in [0.15, 0.2) is 0 Å². The zero-order chi connectivity index (χ0) is 18.1. The van der Waals surface area contributed by atoms with Gasteiger partial charge in [-0.15, -0.1) is 0 Å². The van der Waals surface area contributed by atoms with Crippen LogP contribution in [0.15, 0.2) is 24.3 Å². The van der Waals surface area contributed by atoms with E-state index in [2.05, 4.69) is 34.3 Å². The van der Waals surface area contributed by atoms with Crippen molar-refractivity contribution in [1.82, 2.24) is 10.2 Å². The van der Waals surface area contributed by atoms with E-state index in [1.165, 1.54) is 44.5 Å². The Labute approximate surface area is 155 Å². The first-order valence-electron chi connectivity index (χ1n) is 9.92. The first-order chi connectivity index (χ1) is 12.5. The molecule has 1 spiro atoms. The standard InChI is InChI=1S/C21H29N3O2/c1-23-11-7-21(8-12-23)9-13-24(14-10-21)17-4-2-3-16(15-17)18-5-6-19(25)22-20(18)26/h2-4,15,18H,5-14H2,1H3,(H,22,25,26). The van der Waals surface area contributed by atoms with Crippen molar-refractivity contribution in [1.29, 1.82) is 0 Å². The van der Waals surface area contributed by atoms with Crippen molar-refractivity contribution in [3.05, 3.63) is 29.8 Å². The molecule has 5 nitrogen and oxygen atoms in total. The molecule has 5 heteroatoms. The van der Waals surface area contributed by atoms with Gasteiger partial charge in [-0.1, -0.05) is 12.1 Å². The first-order valence-corrected chi connectivity index (χ1v) is 9.92. The van der Waals surface area contributed by atoms with Gasteiger partial charge in [-0.2, -0.15) is 0 Å². The molecule has 26 heavy (non-hydrogen) atoms. The van der Waals surface area contributed by atoms with Crippen LogP contribution in [-0.2, 0) is 9.59 Å². The normalized spacial score (nSPS) is 26.8. The second kappa shape index (κ2) is 7.03. The summed E-state index contributed by atoms with van der Waals surface area (Å²) in [6, 6.07) is 8.38. The summed E-state index contributed by atoms with van der Waals surface area (Å²) < 4.78 is 0. The van der Waals surface area contributed by atoms with Crippen LogP contribution in [0.5, 0.6) is 0 Å². The molecule has 0 aliphatic carbocycles. The number of benzene rings is 1. The largest absolute Gasteiger partial charge is 0.371 e. The van der Waals surface area contributed by atoms with E-state index in [4.69, 9.17) is 0 Å². The zero-order valence-electron chi connectivity index (χ0n) is 15.7. The van der Waals surface area contributed by atoms with Gasteiger partial charge in [-0.3, -0.25) is 14.9 Å². The van der Waals surface area contributed by atoms with Crippen molar-refractivity contribution in [2.24, 2.45) is 5.41 Å². The molecule has 0 bridgehead atoms. The number of anilines is 1. The maximum absolute atomic E-state index is 12.2. The van der Waals surface area contributed by atoms with Gasteiger partial charge in [-0.25, -0.2) is 0 Å². The predicted octanol–water partition coefficient (Wildman–Crippen LogP) is 2.52. The summed E-state index contributed by atoms with van der Waals surface area (Å²) in [5.74, 6) is -0.498. The van der Waals surface area contributed by atoms with Gasteiger partial charge in [0, 0.05) is 25.2 Å². The average molecular weight is 355 g/mol. The van der Waals surface area contributed by atoms with Crippen LogP contribution < -0.4 is 10.2 Å². The van der Waals surface area contributed by atoms with E-state index in [0.29, 0.717) is 18.3 Å². The molecule has 1 aromatic rings. The third-order valence-electron chi connectivity index (χ3n) is 6.75. The molecule has 0 aromatic heterocycles. The van der Waals surface area contributed by atoms with Crippen LogP contribution >= 0.6 is 0 Å². The molecule has 1 N–H and O–H groups in total. The number of nitrogens with zero attached hydrogens (tertiary/aromatic N) is 2. The van der Waals surface area contributed by atoms with Crippen LogP contribution in [-0.4, -0.2) is 49.9 Å². The summed E-state index contributed by atoms with van der Waals surface area (Å²) in [4.78, 5) is 28.5. The summed E-state index contributed by atoms with van der Waals surface area (Å²) in [6.45, 7) is 4.65. The molecule has 3 aliphatic heterocycles. The molecule has 2 amide bonds. The van der Waals surface area contributed by atoms with E-state index < -0.39 is 0 Å². The summed E-state index contributed by atoms with van der Waals surface area (Å²) in [7, 11) is 2.22. The number of carbonyl (C=O) groups excluding carboxylic acids is 2. The molecule has 3 fully saturated rings. The average Bonchev–Trinajstić information content (AvgIpc) is 2.65. The maximum atomic E-state index is 12.2. The first kappa shape index (κ1) is 17.5. The van der Waals surface area contributed by atoms with Crippen LogP contribution in [0.3, 0.4) is 0 Å². The van der Waals surface area contributed by atoms with Crippen molar-refractivity contribution in [2.75, 3.05) is 38.1 Å². The number of imide groups is 1. The van der Waals surface area contributed by atoms with Gasteiger partial charge in [0.2, 0.25) is 11.8 Å². The zero-order valence-corrected chi connectivity index (χ0v) is 15.7. The Bertz CT molecular complexity index is 684. The van der Waals surface area contributed by atoms with Gasteiger partial charge in [0.1, 0.15) is 0 Å². The highest BCUT2D eigenvalue weighted by atomic mass is 16.2. The molecular formula is C21H29N3O2. The van der Waals surface area contributed by atoms with Crippen molar-refractivity contribution in [2.45, 2.75) is 44.4 Å². The van der Waals surface area contributed by atoms with E-state index in [9.17, 15) is 9.59 Å². The number of amides is 2. The lowest BCUT2D eigenvalue weighted by Crippen LogP contribution is -2.46. The number of piperidine rings is 3. The monoisotopic (exact) mass is 355 g/mol. The minimum absolute atomic E-state index is 0.151. The van der Waals surface area contributed by atoms with Crippen molar-refractivity contribution in [3.63, 3.8) is 0 Å². The minimum Gasteiger partial charge on any atom is -0.371 e. The molecule has 4 rings (SSSR count). The molecule has 1 atom stereocenters.